The minimum atomic E-state index is -0.847. The van der Waals surface area contributed by atoms with Crippen molar-refractivity contribution in [2.24, 2.45) is 17.8 Å². The summed E-state index contributed by atoms with van der Waals surface area (Å²) < 4.78 is 6.25. The third-order valence-electron chi connectivity index (χ3n) is 2.52. The van der Waals surface area contributed by atoms with Gasteiger partial charge >= 0.3 is 30.0 Å². The fourth-order valence-corrected chi connectivity index (χ4v) is 7.49. The van der Waals surface area contributed by atoms with Gasteiger partial charge in [-0.15, -0.1) is 0 Å². The van der Waals surface area contributed by atoms with Crippen LogP contribution in [-0.4, -0.2) is 30.0 Å². The summed E-state index contributed by atoms with van der Waals surface area (Å²) in [5, 5.41) is 4.12. The third kappa shape index (κ3) is 11.3. The molecule has 0 aromatic rings. The van der Waals surface area contributed by atoms with Crippen LogP contribution in [0.4, 0.5) is 0 Å². The number of hydrogen-bond donors (Lipinski definition) is 0. The molecule has 0 amide bonds. The topological polar surface area (TPSA) is 9.23 Å². The van der Waals surface area contributed by atoms with E-state index in [1.165, 1.54) is 15.8 Å². The summed E-state index contributed by atoms with van der Waals surface area (Å²) in [6.45, 7) is 13.9. The van der Waals surface area contributed by atoms with Crippen LogP contribution in [0.5, 0.6) is 0 Å². The van der Waals surface area contributed by atoms with Crippen LogP contribution < -0.4 is 0 Å². The van der Waals surface area contributed by atoms with Crippen LogP contribution in [-0.2, 0) is 2.84 Å². The van der Waals surface area contributed by atoms with Gasteiger partial charge in [0.25, 0.3) is 0 Å². The standard InChI is InChI=1S/3C4H9.2Al.O.H/c3*1-4(2)3;;;;/h3*4H,1H2,2-3H3;;;;. The highest BCUT2D eigenvalue weighted by Crippen LogP contribution is 2.15. The van der Waals surface area contributed by atoms with E-state index in [0.29, 0.717) is 0 Å². The lowest BCUT2D eigenvalue weighted by Crippen LogP contribution is -2.24. The fraction of sp³-hybridized carbons (Fsp3) is 1.00. The molecule has 0 heterocycles. The molecule has 3 heteroatoms. The van der Waals surface area contributed by atoms with Gasteiger partial charge in [0.2, 0.25) is 0 Å². The van der Waals surface area contributed by atoms with Crippen LogP contribution in [0.2, 0.25) is 15.8 Å². The van der Waals surface area contributed by atoms with Crippen LogP contribution >= 0.6 is 0 Å². The molecule has 0 radical (unpaired) electrons. The number of rotatable bonds is 8. The highest BCUT2D eigenvalue weighted by molar-refractivity contribution is 6.58. The predicted molar refractivity (Wildman–Crippen MR) is 72.9 cm³/mol. The van der Waals surface area contributed by atoms with E-state index in [0.717, 1.165) is 17.8 Å². The third-order valence-corrected chi connectivity index (χ3v) is 9.67. The van der Waals surface area contributed by atoms with Crippen LogP contribution in [0.1, 0.15) is 41.5 Å². The second-order valence-corrected chi connectivity index (χ2v) is 10.4. The molecule has 0 rings (SSSR count). The largest absolute Gasteiger partial charge is 0.639 e. The Balaban J connectivity index is 3.79. The molecule has 0 aliphatic rings. The Kier molecular flexibility index (Phi) is 9.72. The van der Waals surface area contributed by atoms with Gasteiger partial charge in [-0.3, -0.25) is 0 Å². The van der Waals surface area contributed by atoms with Crippen molar-refractivity contribution in [3.05, 3.63) is 0 Å². The van der Waals surface area contributed by atoms with Crippen molar-refractivity contribution in [3.8, 4) is 0 Å². The molecule has 0 unspecified atom stereocenters. The molecular weight excluding hydrogens is 214 g/mol. The Morgan fingerprint density at radius 3 is 1.67 bits per heavy atom. The van der Waals surface area contributed by atoms with Gasteiger partial charge in [-0.2, -0.15) is 0 Å². The molecule has 0 fully saturated rings. The van der Waals surface area contributed by atoms with Crippen LogP contribution in [0.3, 0.4) is 0 Å². The average molecular weight is 242 g/mol. The molecule has 15 heavy (non-hydrogen) atoms. The second-order valence-electron chi connectivity index (χ2n) is 5.93. The van der Waals surface area contributed by atoms with Crippen molar-refractivity contribution >= 4 is 30.0 Å². The number of hydrogen-bond acceptors (Lipinski definition) is 1. The van der Waals surface area contributed by atoms with E-state index >= 15 is 0 Å². The first-order valence-electron chi connectivity index (χ1n) is 6.53. The summed E-state index contributed by atoms with van der Waals surface area (Å²) in [7, 11) is 0. The van der Waals surface area contributed by atoms with Crippen LogP contribution in [0.25, 0.3) is 0 Å². The summed E-state index contributed by atoms with van der Waals surface area (Å²) in [6, 6.07) is 0. The maximum atomic E-state index is 6.25. The molecule has 0 bridgehead atoms. The first-order chi connectivity index (χ1) is 6.91. The first-order valence-corrected chi connectivity index (χ1v) is 10.2. The molecule has 1 nitrogen and oxygen atoms in total. The second kappa shape index (κ2) is 9.10. The lowest BCUT2D eigenvalue weighted by atomic mass is 10.3. The van der Waals surface area contributed by atoms with Gasteiger partial charge in [0.05, 0.1) is 0 Å². The maximum Gasteiger partial charge on any atom is 0.430 e. The van der Waals surface area contributed by atoms with E-state index < -0.39 is 14.5 Å². The monoisotopic (exact) mass is 242 g/mol. The van der Waals surface area contributed by atoms with E-state index in [1.807, 2.05) is 0 Å². The highest BCUT2D eigenvalue weighted by Gasteiger charge is 2.22. The van der Waals surface area contributed by atoms with E-state index in [9.17, 15) is 0 Å². The zero-order chi connectivity index (χ0) is 11.8. The summed E-state index contributed by atoms with van der Waals surface area (Å²) in [4.78, 5) is 0. The predicted octanol–water partition coefficient (Wildman–Crippen LogP) is 3.73. The van der Waals surface area contributed by atoms with Gasteiger partial charge in [0, 0.05) is 0 Å². The molecule has 0 aromatic heterocycles. The van der Waals surface area contributed by atoms with Gasteiger partial charge in [-0.1, -0.05) is 75.1 Å². The normalized spacial score (nSPS) is 11.5. The van der Waals surface area contributed by atoms with Gasteiger partial charge in [-0.05, 0) is 0 Å². The summed E-state index contributed by atoms with van der Waals surface area (Å²) in [5.41, 5.74) is 0. The minimum Gasteiger partial charge on any atom is -0.639 e. The fourth-order valence-electron chi connectivity index (χ4n) is 1.75. The summed E-state index contributed by atoms with van der Waals surface area (Å²) in [5.74, 6) is 2.49. The Morgan fingerprint density at radius 1 is 0.867 bits per heavy atom. The van der Waals surface area contributed by atoms with Gasteiger partial charge < -0.3 is 2.84 Å². The van der Waals surface area contributed by atoms with E-state index in [2.05, 4.69) is 41.5 Å². The molecule has 0 aliphatic heterocycles. The van der Waals surface area contributed by atoms with Crippen molar-refractivity contribution in [3.63, 3.8) is 0 Å². The lowest BCUT2D eigenvalue weighted by Gasteiger charge is -2.18. The zero-order valence-electron chi connectivity index (χ0n) is 11.5. The summed E-state index contributed by atoms with van der Waals surface area (Å²) in [6.07, 6.45) is 0. The van der Waals surface area contributed by atoms with E-state index in [-0.39, 0.29) is 15.6 Å². The molecule has 88 valence electrons. The molecule has 0 spiro atoms. The molecule has 0 atom stereocenters. The lowest BCUT2D eigenvalue weighted by molar-refractivity contribution is 0.541. The van der Waals surface area contributed by atoms with Crippen LogP contribution in [0.15, 0.2) is 0 Å². The first kappa shape index (κ1) is 16.0. The maximum absolute atomic E-state index is 6.25. The molecule has 0 aromatic carbocycles. The average Bonchev–Trinajstić information content (AvgIpc) is 2.00. The molecular formula is C12H28Al2O. The van der Waals surface area contributed by atoms with Crippen LogP contribution in [0, 0.1) is 17.8 Å². The van der Waals surface area contributed by atoms with Gasteiger partial charge in [-0.25, -0.2) is 0 Å². The van der Waals surface area contributed by atoms with Gasteiger partial charge in [0.1, 0.15) is 0 Å². The highest BCUT2D eigenvalue weighted by atomic mass is 27.3. The van der Waals surface area contributed by atoms with Crippen molar-refractivity contribution in [2.45, 2.75) is 57.4 Å². The van der Waals surface area contributed by atoms with Gasteiger partial charge in [0.15, 0.2) is 0 Å². The molecule has 0 N–H and O–H groups in total. The molecule has 0 saturated heterocycles. The van der Waals surface area contributed by atoms with Crippen molar-refractivity contribution < 1.29 is 2.84 Å². The van der Waals surface area contributed by atoms with Crippen molar-refractivity contribution in [1.82, 2.24) is 0 Å². The Labute approximate surface area is 108 Å². The van der Waals surface area contributed by atoms with E-state index in [4.69, 9.17) is 2.84 Å². The van der Waals surface area contributed by atoms with Crippen molar-refractivity contribution in [2.75, 3.05) is 0 Å². The molecule has 0 aliphatic carbocycles. The summed E-state index contributed by atoms with van der Waals surface area (Å²) >= 11 is -1.05. The quantitative estimate of drug-likeness (QED) is 0.589. The zero-order valence-corrected chi connectivity index (χ0v) is 14.1. The van der Waals surface area contributed by atoms with E-state index in [1.54, 1.807) is 0 Å². The SMILES string of the molecule is CC(C)[CH2][AlH][O][Al]([CH2]C(C)C)[CH2]C(C)C. The Hall–Kier alpha value is 1.02. The molecule has 0 saturated carbocycles. The minimum absolute atomic E-state index is 0.208. The Morgan fingerprint density at radius 2 is 1.33 bits per heavy atom. The van der Waals surface area contributed by atoms with Crippen molar-refractivity contribution in [1.29, 1.82) is 0 Å². The smallest absolute Gasteiger partial charge is 0.430 e. The Bertz CT molecular complexity index is 137.